The smallest absolute Gasteiger partial charge is 0.244 e. The van der Waals surface area contributed by atoms with Crippen LogP contribution in [0.15, 0.2) is 83.8 Å². The van der Waals surface area contributed by atoms with Crippen LogP contribution in [0.2, 0.25) is 0 Å². The summed E-state index contributed by atoms with van der Waals surface area (Å²) in [5.41, 5.74) is 4.69. The minimum atomic E-state index is -3.58. The van der Waals surface area contributed by atoms with Crippen LogP contribution in [0, 0.1) is 0 Å². The first-order valence-electron chi connectivity index (χ1n) is 8.42. The van der Waals surface area contributed by atoms with E-state index in [0.29, 0.717) is 10.6 Å². The number of fused-ring (bicyclic) bond motifs is 5. The molecule has 2 aliphatic heterocycles. The van der Waals surface area contributed by atoms with Crippen LogP contribution in [0.4, 0.5) is 5.69 Å². The van der Waals surface area contributed by atoms with E-state index in [2.05, 4.69) is 15.7 Å². The predicted molar refractivity (Wildman–Crippen MR) is 103 cm³/mol. The zero-order valence-corrected chi connectivity index (χ0v) is 14.6. The summed E-state index contributed by atoms with van der Waals surface area (Å²) in [6.07, 6.45) is 1.66. The number of sulfonamides is 1. The fraction of sp³-hybridized carbons (Fsp3) is 0.0476. The van der Waals surface area contributed by atoms with E-state index in [1.54, 1.807) is 12.1 Å². The van der Waals surface area contributed by atoms with Crippen molar-refractivity contribution in [1.29, 1.82) is 0 Å². The number of hydrogen-bond acceptors (Lipinski definition) is 3. The van der Waals surface area contributed by atoms with Gasteiger partial charge in [-0.25, -0.2) is 8.42 Å². The van der Waals surface area contributed by atoms with Crippen LogP contribution in [0.5, 0.6) is 0 Å². The highest BCUT2D eigenvalue weighted by atomic mass is 32.2. The van der Waals surface area contributed by atoms with Crippen molar-refractivity contribution >= 4 is 27.5 Å². The molecule has 3 aromatic rings. The van der Waals surface area contributed by atoms with Gasteiger partial charge in [0.15, 0.2) is 0 Å². The molecule has 0 aromatic heterocycles. The van der Waals surface area contributed by atoms with E-state index in [1.165, 1.54) is 0 Å². The first kappa shape index (κ1) is 15.4. The molecule has 0 radical (unpaired) electrons. The first-order chi connectivity index (χ1) is 12.6. The third-order valence-electron chi connectivity index (χ3n) is 4.85. The predicted octanol–water partition coefficient (Wildman–Crippen LogP) is 4.00. The maximum absolute atomic E-state index is 12.8. The van der Waals surface area contributed by atoms with Crippen molar-refractivity contribution in [1.82, 2.24) is 4.72 Å². The second kappa shape index (κ2) is 5.56. The first-order valence-corrected chi connectivity index (χ1v) is 9.90. The van der Waals surface area contributed by atoms with Crippen LogP contribution >= 0.6 is 0 Å². The summed E-state index contributed by atoms with van der Waals surface area (Å²) in [6, 6.07) is 25.1. The van der Waals surface area contributed by atoms with Gasteiger partial charge < -0.3 is 4.90 Å². The van der Waals surface area contributed by atoms with E-state index in [4.69, 9.17) is 0 Å². The minimum Gasteiger partial charge on any atom is -0.318 e. The number of benzene rings is 3. The summed E-state index contributed by atoms with van der Waals surface area (Å²) in [5.74, 6) is 0. The van der Waals surface area contributed by atoms with Crippen molar-refractivity contribution in [3.63, 3.8) is 0 Å². The highest BCUT2D eigenvalue weighted by Gasteiger charge is 2.40. The number of nitrogens with one attached hydrogen (secondary N) is 1. The molecule has 1 atom stereocenters. The van der Waals surface area contributed by atoms with Gasteiger partial charge in [-0.3, -0.25) is 0 Å². The average molecular weight is 360 g/mol. The Morgan fingerprint density at radius 2 is 1.50 bits per heavy atom. The van der Waals surface area contributed by atoms with Crippen LogP contribution < -0.4 is 9.62 Å². The summed E-state index contributed by atoms with van der Waals surface area (Å²) in [7, 11) is -3.58. The molecule has 128 valence electrons. The zero-order chi connectivity index (χ0) is 17.7. The normalized spacial score (nSPS) is 19.8. The molecule has 4 nitrogen and oxygen atoms in total. The molecule has 26 heavy (non-hydrogen) atoms. The average Bonchev–Trinajstić information content (AvgIpc) is 2.68. The molecule has 0 bridgehead atoms. The van der Waals surface area contributed by atoms with Crippen molar-refractivity contribution in [2.45, 2.75) is 11.1 Å². The van der Waals surface area contributed by atoms with Gasteiger partial charge in [0.05, 0.1) is 11.4 Å². The Kier molecular flexibility index (Phi) is 3.29. The van der Waals surface area contributed by atoms with E-state index >= 15 is 0 Å². The maximum Gasteiger partial charge on any atom is 0.244 e. The molecule has 2 heterocycles. The monoisotopic (exact) mass is 360 g/mol. The Hall–Kier alpha value is -2.89. The molecule has 2 aliphatic rings. The van der Waals surface area contributed by atoms with E-state index in [1.807, 2.05) is 66.7 Å². The van der Waals surface area contributed by atoms with Gasteiger partial charge in [-0.2, -0.15) is 4.72 Å². The van der Waals surface area contributed by atoms with Crippen molar-refractivity contribution in [2.24, 2.45) is 0 Å². The summed E-state index contributed by atoms with van der Waals surface area (Å²) in [5, 5.41) is 0. The molecule has 0 saturated carbocycles. The fourth-order valence-corrected chi connectivity index (χ4v) is 5.05. The molecular weight excluding hydrogens is 344 g/mol. The van der Waals surface area contributed by atoms with Gasteiger partial charge in [-0.1, -0.05) is 66.7 Å². The van der Waals surface area contributed by atoms with Crippen molar-refractivity contribution in [3.05, 3.63) is 95.6 Å². The molecule has 0 aliphatic carbocycles. The third-order valence-corrected chi connectivity index (χ3v) is 6.31. The van der Waals surface area contributed by atoms with Crippen molar-refractivity contribution < 1.29 is 8.42 Å². The molecule has 1 N–H and O–H groups in total. The highest BCUT2D eigenvalue weighted by molar-refractivity contribution is 7.89. The Morgan fingerprint density at radius 3 is 2.35 bits per heavy atom. The second-order valence-electron chi connectivity index (χ2n) is 6.39. The van der Waals surface area contributed by atoms with Gasteiger partial charge in [0.25, 0.3) is 0 Å². The third kappa shape index (κ3) is 2.21. The lowest BCUT2D eigenvalue weighted by Crippen LogP contribution is -2.46. The van der Waals surface area contributed by atoms with Crippen LogP contribution in [0.1, 0.15) is 22.9 Å². The summed E-state index contributed by atoms with van der Waals surface area (Å²) >= 11 is 0. The lowest BCUT2D eigenvalue weighted by atomic mass is 9.95. The summed E-state index contributed by atoms with van der Waals surface area (Å²) in [4.78, 5) is 2.38. The van der Waals surface area contributed by atoms with Crippen LogP contribution in [-0.4, -0.2) is 8.42 Å². The molecule has 0 saturated heterocycles. The number of rotatable bonds is 1. The Labute approximate surface area is 152 Å². The lowest BCUT2D eigenvalue weighted by Gasteiger charge is -2.43. The highest BCUT2D eigenvalue weighted by Crippen LogP contribution is 2.45. The van der Waals surface area contributed by atoms with E-state index in [-0.39, 0.29) is 0 Å². The van der Waals surface area contributed by atoms with E-state index < -0.39 is 16.2 Å². The largest absolute Gasteiger partial charge is 0.318 e. The number of anilines is 1. The fourth-order valence-electron chi connectivity index (χ4n) is 3.70. The standard InChI is InChI=1S/C21H16N2O2S/c24-26(25)20-13-7-6-12-18(20)23-19(15-8-2-1-3-9-15)14-16-10-4-5-11-17(16)21(23)22-26/h1-14,21-22H. The van der Waals surface area contributed by atoms with Gasteiger partial charge in [-0.05, 0) is 34.9 Å². The Balaban J connectivity index is 1.83. The molecule has 1 unspecified atom stereocenters. The van der Waals surface area contributed by atoms with Crippen LogP contribution in [-0.2, 0) is 10.0 Å². The molecule has 0 spiro atoms. The number of hydrogen-bond donors (Lipinski definition) is 1. The summed E-state index contributed by atoms with van der Waals surface area (Å²) < 4.78 is 28.5. The molecule has 0 amide bonds. The molecule has 5 heteroatoms. The molecule has 0 fully saturated rings. The van der Waals surface area contributed by atoms with E-state index in [9.17, 15) is 8.42 Å². The summed E-state index contributed by atoms with van der Waals surface area (Å²) in [6.45, 7) is 0. The second-order valence-corrected chi connectivity index (χ2v) is 8.07. The Bertz CT molecular complexity index is 1140. The minimum absolute atomic E-state index is 0.303. The van der Waals surface area contributed by atoms with Crippen molar-refractivity contribution in [2.75, 3.05) is 4.90 Å². The molecular formula is C21H16N2O2S. The molecule has 3 aromatic carbocycles. The van der Waals surface area contributed by atoms with Gasteiger partial charge >= 0.3 is 0 Å². The van der Waals surface area contributed by atoms with Gasteiger partial charge in [0.2, 0.25) is 10.0 Å². The van der Waals surface area contributed by atoms with E-state index in [0.717, 1.165) is 22.4 Å². The van der Waals surface area contributed by atoms with Crippen molar-refractivity contribution in [3.8, 4) is 0 Å². The van der Waals surface area contributed by atoms with Gasteiger partial charge in [0.1, 0.15) is 11.1 Å². The van der Waals surface area contributed by atoms with Crippen LogP contribution in [0.25, 0.3) is 11.8 Å². The zero-order valence-electron chi connectivity index (χ0n) is 13.8. The SMILES string of the molecule is O=S1(=O)NC2c3ccccc3C=C(c3ccccc3)N2c2ccccc21. The number of para-hydroxylation sites is 1. The number of nitrogens with zero attached hydrogens (tertiary/aromatic N) is 1. The molecule has 5 rings (SSSR count). The topological polar surface area (TPSA) is 49.4 Å². The Morgan fingerprint density at radius 1 is 0.808 bits per heavy atom. The maximum atomic E-state index is 12.8. The van der Waals surface area contributed by atoms with Crippen LogP contribution in [0.3, 0.4) is 0 Å². The van der Waals surface area contributed by atoms with Gasteiger partial charge in [0, 0.05) is 0 Å². The van der Waals surface area contributed by atoms with Gasteiger partial charge in [-0.15, -0.1) is 0 Å². The lowest BCUT2D eigenvalue weighted by molar-refractivity contribution is 0.545. The quantitative estimate of drug-likeness (QED) is 0.714.